The van der Waals surface area contributed by atoms with Crippen LogP contribution in [0.25, 0.3) is 0 Å². The molecule has 2 aromatic rings. The lowest BCUT2D eigenvalue weighted by Crippen LogP contribution is -2.12. The summed E-state index contributed by atoms with van der Waals surface area (Å²) in [4.78, 5) is -0.0472. The van der Waals surface area contributed by atoms with Crippen molar-refractivity contribution in [3.05, 3.63) is 47.5 Å². The fourth-order valence-corrected chi connectivity index (χ4v) is 2.96. The van der Waals surface area contributed by atoms with Crippen molar-refractivity contribution in [3.8, 4) is 5.75 Å². The van der Waals surface area contributed by atoms with Gasteiger partial charge >= 0.3 is 10.1 Å². The highest BCUT2D eigenvalue weighted by Gasteiger charge is 2.20. The molecule has 6 heteroatoms. The van der Waals surface area contributed by atoms with Crippen molar-refractivity contribution >= 4 is 21.5 Å². The minimum Gasteiger partial charge on any atom is -0.398 e. The fourth-order valence-electron chi connectivity index (χ4n) is 1.92. The van der Waals surface area contributed by atoms with E-state index in [-0.39, 0.29) is 4.90 Å². The van der Waals surface area contributed by atoms with Crippen molar-refractivity contribution < 1.29 is 12.6 Å². The predicted octanol–water partition coefficient (Wildman–Crippen LogP) is 2.49. The van der Waals surface area contributed by atoms with Gasteiger partial charge in [-0.2, -0.15) is 8.42 Å². The summed E-state index contributed by atoms with van der Waals surface area (Å²) in [5, 5.41) is 0. The molecule has 0 fully saturated rings. The molecule has 0 aromatic heterocycles. The summed E-state index contributed by atoms with van der Waals surface area (Å²) in [6, 6.07) is 9.72. The topological polar surface area (TPSA) is 95.4 Å². The van der Waals surface area contributed by atoms with Crippen molar-refractivity contribution in [2.45, 2.75) is 25.2 Å². The molecule has 0 radical (unpaired) electrons. The van der Waals surface area contributed by atoms with Crippen LogP contribution in [0.1, 0.15) is 18.1 Å². The average Bonchev–Trinajstić information content (AvgIpc) is 2.44. The molecule has 0 aliphatic carbocycles. The zero-order chi connectivity index (χ0) is 15.6. The lowest BCUT2D eigenvalue weighted by atomic mass is 10.1. The first kappa shape index (κ1) is 15.2. The van der Waals surface area contributed by atoms with Gasteiger partial charge in [0.05, 0.1) is 0 Å². The molecule has 112 valence electrons. The highest BCUT2D eigenvalue weighted by Crippen LogP contribution is 2.27. The lowest BCUT2D eigenvalue weighted by molar-refractivity contribution is 0.483. The number of rotatable bonds is 4. The van der Waals surface area contributed by atoms with Crippen LogP contribution in [0.4, 0.5) is 11.4 Å². The largest absolute Gasteiger partial charge is 0.398 e. The summed E-state index contributed by atoms with van der Waals surface area (Å²) in [6.07, 6.45) is 0.671. The Morgan fingerprint density at radius 2 is 1.67 bits per heavy atom. The first-order valence-corrected chi connectivity index (χ1v) is 7.94. The number of aryl methyl sites for hydroxylation is 1. The third-order valence-electron chi connectivity index (χ3n) is 3.30. The molecule has 0 amide bonds. The van der Waals surface area contributed by atoms with Gasteiger partial charge in [0.1, 0.15) is 10.6 Å². The van der Waals surface area contributed by atoms with Gasteiger partial charge in [-0.1, -0.05) is 25.1 Å². The molecule has 5 nitrogen and oxygen atoms in total. The second kappa shape index (κ2) is 5.65. The zero-order valence-corrected chi connectivity index (χ0v) is 12.8. The number of benzene rings is 2. The molecule has 2 rings (SSSR count). The van der Waals surface area contributed by atoms with Crippen molar-refractivity contribution in [2.24, 2.45) is 0 Å². The van der Waals surface area contributed by atoms with E-state index in [0.717, 1.165) is 5.56 Å². The molecule has 0 bridgehead atoms. The number of hydrogen-bond acceptors (Lipinski definition) is 5. The normalized spacial score (nSPS) is 11.3. The Kier molecular flexibility index (Phi) is 4.09. The highest BCUT2D eigenvalue weighted by molar-refractivity contribution is 7.87. The molecule has 0 unspecified atom stereocenters. The van der Waals surface area contributed by atoms with Crippen LogP contribution in [-0.4, -0.2) is 8.42 Å². The van der Waals surface area contributed by atoms with Crippen LogP contribution in [0.15, 0.2) is 41.3 Å². The summed E-state index contributed by atoms with van der Waals surface area (Å²) >= 11 is 0. The van der Waals surface area contributed by atoms with E-state index < -0.39 is 10.1 Å². The quantitative estimate of drug-likeness (QED) is 0.668. The molecule has 0 aliphatic rings. The van der Waals surface area contributed by atoms with Gasteiger partial charge in [-0.3, -0.25) is 0 Å². The Morgan fingerprint density at radius 1 is 1.10 bits per heavy atom. The Labute approximate surface area is 124 Å². The minimum absolute atomic E-state index is 0.0472. The second-order valence-electron chi connectivity index (χ2n) is 4.73. The van der Waals surface area contributed by atoms with Crippen molar-refractivity contribution in [3.63, 3.8) is 0 Å². The van der Waals surface area contributed by atoms with E-state index in [0.29, 0.717) is 29.1 Å². The Morgan fingerprint density at radius 3 is 2.24 bits per heavy atom. The summed E-state index contributed by atoms with van der Waals surface area (Å²) in [6.45, 7) is 3.66. The van der Waals surface area contributed by atoms with Crippen LogP contribution in [-0.2, 0) is 16.5 Å². The van der Waals surface area contributed by atoms with Gasteiger partial charge in [0.25, 0.3) is 0 Å². The van der Waals surface area contributed by atoms with E-state index in [9.17, 15) is 8.42 Å². The SMILES string of the molecule is CCc1ccccc1OS(=O)(=O)c1cc(N)c(C)c(N)c1. The van der Waals surface area contributed by atoms with E-state index in [1.165, 1.54) is 12.1 Å². The van der Waals surface area contributed by atoms with Crippen LogP contribution >= 0.6 is 0 Å². The zero-order valence-electron chi connectivity index (χ0n) is 12.0. The minimum atomic E-state index is -3.97. The lowest BCUT2D eigenvalue weighted by Gasteiger charge is -2.12. The number of nitrogen functional groups attached to an aromatic ring is 2. The van der Waals surface area contributed by atoms with E-state index in [1.54, 1.807) is 19.1 Å². The smallest absolute Gasteiger partial charge is 0.339 e. The van der Waals surface area contributed by atoms with Crippen LogP contribution in [0.3, 0.4) is 0 Å². The van der Waals surface area contributed by atoms with E-state index in [1.807, 2.05) is 19.1 Å². The number of nitrogens with two attached hydrogens (primary N) is 2. The van der Waals surface area contributed by atoms with Crippen molar-refractivity contribution in [1.82, 2.24) is 0 Å². The molecule has 4 N–H and O–H groups in total. The molecule has 0 heterocycles. The Hall–Kier alpha value is -2.21. The fraction of sp³-hybridized carbons (Fsp3) is 0.200. The monoisotopic (exact) mass is 306 g/mol. The van der Waals surface area contributed by atoms with Gasteiger partial charge in [0.15, 0.2) is 0 Å². The highest BCUT2D eigenvalue weighted by atomic mass is 32.2. The maximum atomic E-state index is 12.4. The maximum absolute atomic E-state index is 12.4. The molecule has 21 heavy (non-hydrogen) atoms. The first-order chi connectivity index (χ1) is 9.85. The number of hydrogen-bond donors (Lipinski definition) is 2. The van der Waals surface area contributed by atoms with Crippen LogP contribution in [0.5, 0.6) is 5.75 Å². The van der Waals surface area contributed by atoms with Gasteiger partial charge in [0, 0.05) is 11.4 Å². The molecule has 0 atom stereocenters. The summed E-state index contributed by atoms with van der Waals surface area (Å²) in [5.74, 6) is 0.317. The standard InChI is InChI=1S/C15H18N2O3S/c1-3-11-6-4-5-7-15(11)20-21(18,19)12-8-13(16)10(2)14(17)9-12/h4-9H,3,16-17H2,1-2H3. The summed E-state index contributed by atoms with van der Waals surface area (Å²) in [5.41, 5.74) is 13.6. The third-order valence-corrected chi connectivity index (χ3v) is 4.52. The van der Waals surface area contributed by atoms with Crippen LogP contribution in [0, 0.1) is 6.92 Å². The van der Waals surface area contributed by atoms with E-state index in [2.05, 4.69) is 0 Å². The van der Waals surface area contributed by atoms with Crippen molar-refractivity contribution in [2.75, 3.05) is 11.5 Å². The van der Waals surface area contributed by atoms with E-state index >= 15 is 0 Å². The molecule has 2 aromatic carbocycles. The Balaban J connectivity index is 2.44. The molecular formula is C15H18N2O3S. The average molecular weight is 306 g/mol. The van der Waals surface area contributed by atoms with Crippen LogP contribution < -0.4 is 15.7 Å². The molecule has 0 saturated carbocycles. The summed E-state index contributed by atoms with van der Waals surface area (Å²) in [7, 11) is -3.97. The number of anilines is 2. The molecule has 0 saturated heterocycles. The van der Waals surface area contributed by atoms with Gasteiger partial charge in [0.2, 0.25) is 0 Å². The summed E-state index contributed by atoms with van der Waals surface area (Å²) < 4.78 is 29.9. The molecular weight excluding hydrogens is 288 g/mol. The maximum Gasteiger partial charge on any atom is 0.339 e. The predicted molar refractivity (Wildman–Crippen MR) is 83.6 cm³/mol. The Bertz CT molecular complexity index is 747. The van der Waals surface area contributed by atoms with Crippen LogP contribution in [0.2, 0.25) is 0 Å². The third kappa shape index (κ3) is 3.11. The second-order valence-corrected chi connectivity index (χ2v) is 6.27. The van der Waals surface area contributed by atoms with Gasteiger partial charge in [-0.25, -0.2) is 0 Å². The molecule has 0 spiro atoms. The molecule has 0 aliphatic heterocycles. The van der Waals surface area contributed by atoms with Gasteiger partial charge in [-0.05, 0) is 42.7 Å². The van der Waals surface area contributed by atoms with E-state index in [4.69, 9.17) is 15.7 Å². The number of para-hydroxylation sites is 1. The first-order valence-electron chi connectivity index (χ1n) is 6.53. The van der Waals surface area contributed by atoms with Gasteiger partial charge < -0.3 is 15.7 Å². The van der Waals surface area contributed by atoms with Crippen molar-refractivity contribution in [1.29, 1.82) is 0 Å². The van der Waals surface area contributed by atoms with Gasteiger partial charge in [-0.15, -0.1) is 0 Å².